The summed E-state index contributed by atoms with van der Waals surface area (Å²) in [7, 11) is 0. The maximum atomic E-state index is 13.9. The Kier molecular flexibility index (Phi) is 3.43. The Morgan fingerprint density at radius 2 is 1.52 bits per heavy atom. The summed E-state index contributed by atoms with van der Waals surface area (Å²) in [5.74, 6) is -1.68. The van der Waals surface area contributed by atoms with E-state index in [-0.39, 0.29) is 16.1 Å². The monoisotopic (exact) mass is 302 g/mol. The van der Waals surface area contributed by atoms with E-state index in [1.54, 1.807) is 24.3 Å². The van der Waals surface area contributed by atoms with E-state index in [1.807, 2.05) is 0 Å². The molecule has 0 N–H and O–H groups in total. The number of hydrogen-bond donors (Lipinski definition) is 0. The summed E-state index contributed by atoms with van der Waals surface area (Å²) >= 11 is 5.92. The Labute approximate surface area is 124 Å². The van der Waals surface area contributed by atoms with Crippen LogP contribution in [0.3, 0.4) is 0 Å². The zero-order valence-electron chi connectivity index (χ0n) is 10.7. The number of fused-ring (bicyclic) bond motifs is 1. The average molecular weight is 303 g/mol. The fourth-order valence-electron chi connectivity index (χ4n) is 2.31. The van der Waals surface area contributed by atoms with Gasteiger partial charge in [0.2, 0.25) is 0 Å². The van der Waals surface area contributed by atoms with Crippen LogP contribution in [0.25, 0.3) is 10.8 Å². The molecule has 0 saturated heterocycles. The van der Waals surface area contributed by atoms with Crippen LogP contribution in [0.2, 0.25) is 5.02 Å². The van der Waals surface area contributed by atoms with Gasteiger partial charge in [0, 0.05) is 10.9 Å². The third kappa shape index (κ3) is 2.30. The molecule has 0 spiro atoms. The zero-order valence-corrected chi connectivity index (χ0v) is 11.5. The van der Waals surface area contributed by atoms with Crippen molar-refractivity contribution in [2.45, 2.75) is 0 Å². The summed E-state index contributed by atoms with van der Waals surface area (Å²) < 4.78 is 27.7. The first-order chi connectivity index (χ1) is 10.1. The van der Waals surface area contributed by atoms with Crippen molar-refractivity contribution < 1.29 is 13.6 Å². The van der Waals surface area contributed by atoms with Gasteiger partial charge in [-0.1, -0.05) is 41.9 Å². The van der Waals surface area contributed by atoms with Crippen LogP contribution in [0.1, 0.15) is 15.9 Å². The van der Waals surface area contributed by atoms with E-state index >= 15 is 0 Å². The molecule has 1 nitrogen and oxygen atoms in total. The number of ketones is 1. The molecule has 3 aromatic carbocycles. The highest BCUT2D eigenvalue weighted by atomic mass is 35.5. The number of rotatable bonds is 2. The molecule has 3 aromatic rings. The fraction of sp³-hybridized carbons (Fsp3) is 0. The lowest BCUT2D eigenvalue weighted by molar-refractivity contribution is 0.103. The Balaban J connectivity index is 2.26. The van der Waals surface area contributed by atoms with Crippen LogP contribution in [0.4, 0.5) is 8.78 Å². The largest absolute Gasteiger partial charge is 0.288 e. The van der Waals surface area contributed by atoms with Crippen LogP contribution in [0, 0.1) is 11.6 Å². The predicted octanol–water partition coefficient (Wildman–Crippen LogP) is 5.00. The lowest BCUT2D eigenvalue weighted by Crippen LogP contribution is -2.06. The number of carbonyl (C=O) groups is 1. The van der Waals surface area contributed by atoms with Gasteiger partial charge in [0.25, 0.3) is 0 Å². The molecule has 104 valence electrons. The molecule has 0 fully saturated rings. The Morgan fingerprint density at radius 1 is 0.810 bits per heavy atom. The molecule has 0 aromatic heterocycles. The van der Waals surface area contributed by atoms with Crippen LogP contribution in [0.5, 0.6) is 0 Å². The minimum Gasteiger partial charge on any atom is -0.288 e. The fourth-order valence-corrected chi connectivity index (χ4v) is 2.56. The summed E-state index contributed by atoms with van der Waals surface area (Å²) in [6, 6.07) is 13.2. The third-order valence-electron chi connectivity index (χ3n) is 3.31. The lowest BCUT2D eigenvalue weighted by atomic mass is 9.96. The van der Waals surface area contributed by atoms with Gasteiger partial charge in [0.05, 0.1) is 10.6 Å². The van der Waals surface area contributed by atoms with Gasteiger partial charge in [0.15, 0.2) is 5.78 Å². The molecule has 0 saturated carbocycles. The number of benzene rings is 3. The van der Waals surface area contributed by atoms with Gasteiger partial charge in [-0.2, -0.15) is 0 Å². The lowest BCUT2D eigenvalue weighted by Gasteiger charge is -2.09. The molecule has 0 aliphatic rings. The van der Waals surface area contributed by atoms with Crippen molar-refractivity contribution >= 4 is 28.2 Å². The average Bonchev–Trinajstić information content (AvgIpc) is 2.47. The van der Waals surface area contributed by atoms with Gasteiger partial charge < -0.3 is 0 Å². The first-order valence-corrected chi connectivity index (χ1v) is 6.63. The van der Waals surface area contributed by atoms with Crippen LogP contribution >= 0.6 is 11.6 Å². The molecule has 0 atom stereocenters. The topological polar surface area (TPSA) is 17.1 Å². The second-order valence-corrected chi connectivity index (χ2v) is 4.97. The maximum absolute atomic E-state index is 13.9. The smallest absolute Gasteiger partial charge is 0.198 e. The van der Waals surface area contributed by atoms with E-state index in [2.05, 4.69) is 0 Å². The van der Waals surface area contributed by atoms with Crippen molar-refractivity contribution in [1.29, 1.82) is 0 Å². The molecule has 21 heavy (non-hydrogen) atoms. The Morgan fingerprint density at radius 3 is 2.24 bits per heavy atom. The van der Waals surface area contributed by atoms with Crippen molar-refractivity contribution in [2.75, 3.05) is 0 Å². The van der Waals surface area contributed by atoms with Crippen molar-refractivity contribution in [3.63, 3.8) is 0 Å². The first kappa shape index (κ1) is 13.7. The molecule has 0 amide bonds. The minimum absolute atomic E-state index is 0.0356. The predicted molar refractivity (Wildman–Crippen MR) is 78.7 cm³/mol. The number of carbonyl (C=O) groups excluding carboxylic acids is 1. The van der Waals surface area contributed by atoms with Crippen molar-refractivity contribution in [3.8, 4) is 0 Å². The highest BCUT2D eigenvalue weighted by molar-refractivity contribution is 6.35. The van der Waals surface area contributed by atoms with Crippen molar-refractivity contribution in [1.82, 2.24) is 0 Å². The van der Waals surface area contributed by atoms with Gasteiger partial charge in [0.1, 0.15) is 11.6 Å². The summed E-state index contributed by atoms with van der Waals surface area (Å²) in [5.41, 5.74) is 0.0231. The molecule has 0 radical (unpaired) electrons. The van der Waals surface area contributed by atoms with E-state index < -0.39 is 17.4 Å². The minimum atomic E-state index is -0.694. The van der Waals surface area contributed by atoms with E-state index in [0.717, 1.165) is 0 Å². The highest BCUT2D eigenvalue weighted by Gasteiger charge is 2.20. The number of hydrogen-bond acceptors (Lipinski definition) is 1. The van der Waals surface area contributed by atoms with Gasteiger partial charge >= 0.3 is 0 Å². The quantitative estimate of drug-likeness (QED) is 0.609. The third-order valence-corrected chi connectivity index (χ3v) is 3.62. The SMILES string of the molecule is O=C(c1c(F)cccc1Cl)c1ccc(F)c2ccccc12. The van der Waals surface area contributed by atoms with Crippen LogP contribution < -0.4 is 0 Å². The normalized spacial score (nSPS) is 10.8. The molecule has 4 heteroatoms. The zero-order chi connectivity index (χ0) is 15.0. The second kappa shape index (κ2) is 5.26. The molecule has 0 bridgehead atoms. The Hall–Kier alpha value is -2.26. The second-order valence-electron chi connectivity index (χ2n) is 4.57. The van der Waals surface area contributed by atoms with Crippen molar-refractivity contribution in [2.24, 2.45) is 0 Å². The van der Waals surface area contributed by atoms with E-state index in [9.17, 15) is 13.6 Å². The molecule has 3 rings (SSSR count). The molecule has 0 aliphatic carbocycles. The molecule has 0 heterocycles. The maximum Gasteiger partial charge on any atom is 0.198 e. The van der Waals surface area contributed by atoms with Crippen LogP contribution in [-0.4, -0.2) is 5.78 Å². The molecule has 0 aliphatic heterocycles. The van der Waals surface area contributed by atoms with Gasteiger partial charge in [-0.05, 0) is 29.7 Å². The van der Waals surface area contributed by atoms with Crippen LogP contribution in [-0.2, 0) is 0 Å². The van der Waals surface area contributed by atoms with Gasteiger partial charge in [-0.15, -0.1) is 0 Å². The summed E-state index contributed by atoms with van der Waals surface area (Å²) in [6.45, 7) is 0. The van der Waals surface area contributed by atoms with Crippen molar-refractivity contribution in [3.05, 3.63) is 82.4 Å². The van der Waals surface area contributed by atoms with Gasteiger partial charge in [-0.25, -0.2) is 8.78 Å². The van der Waals surface area contributed by atoms with E-state index in [0.29, 0.717) is 10.8 Å². The van der Waals surface area contributed by atoms with E-state index in [1.165, 1.54) is 30.3 Å². The molecule has 0 unspecified atom stereocenters. The number of halogens is 3. The van der Waals surface area contributed by atoms with Crippen LogP contribution in [0.15, 0.2) is 54.6 Å². The molecular formula is C17H9ClF2O. The highest BCUT2D eigenvalue weighted by Crippen LogP contribution is 2.27. The van der Waals surface area contributed by atoms with Gasteiger partial charge in [-0.3, -0.25) is 4.79 Å². The summed E-state index contributed by atoms with van der Waals surface area (Å²) in [5, 5.41) is 0.783. The first-order valence-electron chi connectivity index (χ1n) is 6.25. The summed E-state index contributed by atoms with van der Waals surface area (Å²) in [6.07, 6.45) is 0. The van der Waals surface area contributed by atoms with E-state index in [4.69, 9.17) is 11.6 Å². The standard InChI is InChI=1S/C17H9ClF2O/c18-13-6-3-7-15(20)16(13)17(21)12-8-9-14(19)11-5-2-1-4-10(11)12/h1-9H. The molecular weight excluding hydrogens is 294 g/mol. The Bertz CT molecular complexity index is 838. The summed E-state index contributed by atoms with van der Waals surface area (Å²) in [4.78, 5) is 12.6.